The highest BCUT2D eigenvalue weighted by Crippen LogP contribution is 2.32. The van der Waals surface area contributed by atoms with E-state index in [1.54, 1.807) is 31.4 Å². The fourth-order valence-corrected chi connectivity index (χ4v) is 3.05. The molecule has 2 aromatic carbocycles. The minimum Gasteiger partial charge on any atom is -0.497 e. The number of benzene rings is 2. The van der Waals surface area contributed by atoms with Gasteiger partial charge in [0.05, 0.1) is 23.3 Å². The molecule has 0 spiro atoms. The molecule has 0 radical (unpaired) electrons. The number of aliphatic imine (C=N–C) groups is 1. The number of thioether (sulfide) groups is 1. The van der Waals surface area contributed by atoms with Crippen LogP contribution in [0.2, 0.25) is 0 Å². The predicted octanol–water partition coefficient (Wildman–Crippen LogP) is 4.61. The maximum absolute atomic E-state index is 12.8. The molecular weight excluding hydrogens is 365 g/mol. The molecule has 1 amide bonds. The Balaban J connectivity index is 1.81. The van der Waals surface area contributed by atoms with Crippen LogP contribution < -0.4 is 10.1 Å². The van der Waals surface area contributed by atoms with Crippen molar-refractivity contribution in [1.82, 2.24) is 5.32 Å². The van der Waals surface area contributed by atoms with E-state index in [-0.39, 0.29) is 4.91 Å². The number of amides is 1. The van der Waals surface area contributed by atoms with E-state index in [9.17, 15) is 18.0 Å². The van der Waals surface area contributed by atoms with E-state index >= 15 is 0 Å². The Morgan fingerprint density at radius 1 is 1.15 bits per heavy atom. The molecule has 4 nitrogen and oxygen atoms in total. The lowest BCUT2D eigenvalue weighted by Crippen LogP contribution is -2.19. The van der Waals surface area contributed by atoms with Gasteiger partial charge >= 0.3 is 6.18 Å². The first-order chi connectivity index (χ1) is 12.3. The maximum Gasteiger partial charge on any atom is 0.416 e. The summed E-state index contributed by atoms with van der Waals surface area (Å²) in [6, 6.07) is 11.7. The number of nitrogens with one attached hydrogen (secondary N) is 1. The topological polar surface area (TPSA) is 50.7 Å². The molecule has 1 aliphatic rings. The standard InChI is InChI=1S/C18H13F3N2O2S/c1-25-14-7-5-13(6-8-14)22-17-23-16(24)15(26-17)10-11-3-2-4-12(9-11)18(19,20)21/h2-10H,1H3,(H,22,23,24)/b15-10-. The Morgan fingerprint density at radius 3 is 2.54 bits per heavy atom. The number of carbonyl (C=O) groups excluding carboxylic acids is 1. The average Bonchev–Trinajstić information content (AvgIpc) is 2.94. The van der Waals surface area contributed by atoms with Crippen molar-refractivity contribution in [3.05, 3.63) is 64.6 Å². The summed E-state index contributed by atoms with van der Waals surface area (Å²) in [4.78, 5) is 16.6. The van der Waals surface area contributed by atoms with Gasteiger partial charge in [-0.15, -0.1) is 0 Å². The van der Waals surface area contributed by atoms with Gasteiger partial charge in [0.25, 0.3) is 5.91 Å². The number of rotatable bonds is 3. The lowest BCUT2D eigenvalue weighted by atomic mass is 10.1. The van der Waals surface area contributed by atoms with Gasteiger partial charge in [0.1, 0.15) is 5.75 Å². The molecule has 134 valence electrons. The largest absolute Gasteiger partial charge is 0.497 e. The highest BCUT2D eigenvalue weighted by molar-refractivity contribution is 8.18. The summed E-state index contributed by atoms with van der Waals surface area (Å²) >= 11 is 1.07. The van der Waals surface area contributed by atoms with Crippen LogP contribution in [0.25, 0.3) is 6.08 Å². The zero-order chi connectivity index (χ0) is 18.7. The molecule has 0 aliphatic carbocycles. The molecule has 0 unspecified atom stereocenters. The third-order valence-electron chi connectivity index (χ3n) is 3.47. The number of alkyl halides is 3. The number of hydrogen-bond donors (Lipinski definition) is 1. The number of nitrogens with zero attached hydrogens (tertiary/aromatic N) is 1. The molecule has 1 aliphatic heterocycles. The summed E-state index contributed by atoms with van der Waals surface area (Å²) in [6.07, 6.45) is -3.02. The van der Waals surface area contributed by atoms with E-state index in [1.165, 1.54) is 18.2 Å². The van der Waals surface area contributed by atoms with Crippen LogP contribution in [-0.2, 0) is 11.0 Å². The van der Waals surface area contributed by atoms with Crippen molar-refractivity contribution < 1.29 is 22.7 Å². The second-order valence-corrected chi connectivity index (χ2v) is 6.33. The minimum absolute atomic E-state index is 0.275. The molecule has 0 aromatic heterocycles. The van der Waals surface area contributed by atoms with Crippen LogP contribution in [0.3, 0.4) is 0 Å². The summed E-state index contributed by atoms with van der Waals surface area (Å²) in [6.45, 7) is 0. The summed E-state index contributed by atoms with van der Waals surface area (Å²) in [7, 11) is 1.55. The first kappa shape index (κ1) is 18.1. The SMILES string of the molecule is COc1ccc(N=C2NC(=O)/C(=C/c3cccc(C(F)(F)F)c3)S2)cc1. The zero-order valence-corrected chi connectivity index (χ0v) is 14.3. The molecule has 26 heavy (non-hydrogen) atoms. The molecule has 1 fully saturated rings. The minimum atomic E-state index is -4.43. The smallest absolute Gasteiger partial charge is 0.416 e. The van der Waals surface area contributed by atoms with Gasteiger partial charge in [-0.05, 0) is 59.8 Å². The van der Waals surface area contributed by atoms with Gasteiger partial charge in [-0.25, -0.2) is 4.99 Å². The molecule has 1 heterocycles. The Labute approximate surface area is 151 Å². The number of carbonyl (C=O) groups is 1. The van der Waals surface area contributed by atoms with Gasteiger partial charge < -0.3 is 10.1 Å². The average molecular weight is 378 g/mol. The monoisotopic (exact) mass is 378 g/mol. The van der Waals surface area contributed by atoms with Crippen molar-refractivity contribution >= 4 is 34.6 Å². The summed E-state index contributed by atoms with van der Waals surface area (Å²) < 4.78 is 43.4. The molecular formula is C18H13F3N2O2S. The number of ether oxygens (including phenoxy) is 1. The van der Waals surface area contributed by atoms with E-state index in [4.69, 9.17) is 4.74 Å². The Morgan fingerprint density at radius 2 is 1.88 bits per heavy atom. The predicted molar refractivity (Wildman–Crippen MR) is 95.2 cm³/mol. The molecule has 0 bridgehead atoms. The normalized spacial score (nSPS) is 17.6. The first-order valence-electron chi connectivity index (χ1n) is 7.46. The second kappa shape index (κ2) is 7.25. The van der Waals surface area contributed by atoms with Crippen LogP contribution in [0.5, 0.6) is 5.75 Å². The molecule has 3 rings (SSSR count). The summed E-state index contributed by atoms with van der Waals surface area (Å²) in [5, 5.41) is 2.96. The van der Waals surface area contributed by atoms with Gasteiger partial charge in [-0.3, -0.25) is 4.79 Å². The molecule has 2 aromatic rings. The van der Waals surface area contributed by atoms with Crippen LogP contribution in [0.4, 0.5) is 18.9 Å². The second-order valence-electron chi connectivity index (χ2n) is 5.30. The van der Waals surface area contributed by atoms with Gasteiger partial charge in [-0.2, -0.15) is 13.2 Å². The van der Waals surface area contributed by atoms with E-state index in [1.807, 2.05) is 0 Å². The van der Waals surface area contributed by atoms with Crippen molar-refractivity contribution in [1.29, 1.82) is 0 Å². The maximum atomic E-state index is 12.8. The third kappa shape index (κ3) is 4.26. The van der Waals surface area contributed by atoms with Crippen molar-refractivity contribution in [2.45, 2.75) is 6.18 Å². The number of halogens is 3. The van der Waals surface area contributed by atoms with Crippen LogP contribution in [-0.4, -0.2) is 18.2 Å². The van der Waals surface area contributed by atoms with Crippen molar-refractivity contribution in [2.75, 3.05) is 7.11 Å². The number of amidine groups is 1. The first-order valence-corrected chi connectivity index (χ1v) is 8.28. The van der Waals surface area contributed by atoms with Crippen molar-refractivity contribution in [3.63, 3.8) is 0 Å². The lowest BCUT2D eigenvalue weighted by molar-refractivity contribution is -0.137. The molecule has 1 N–H and O–H groups in total. The molecule has 0 saturated carbocycles. The molecule has 0 atom stereocenters. The highest BCUT2D eigenvalue weighted by Gasteiger charge is 2.30. The number of methoxy groups -OCH3 is 1. The van der Waals surface area contributed by atoms with E-state index in [0.717, 1.165) is 23.9 Å². The third-order valence-corrected chi connectivity index (χ3v) is 4.38. The van der Waals surface area contributed by atoms with E-state index in [2.05, 4.69) is 10.3 Å². The Hall–Kier alpha value is -2.74. The summed E-state index contributed by atoms with van der Waals surface area (Å²) in [5.74, 6) is 0.280. The fourth-order valence-electron chi connectivity index (χ4n) is 2.21. The van der Waals surface area contributed by atoms with Gasteiger partial charge in [0.15, 0.2) is 5.17 Å². The van der Waals surface area contributed by atoms with Gasteiger partial charge in [-0.1, -0.05) is 12.1 Å². The molecule has 1 saturated heterocycles. The van der Waals surface area contributed by atoms with Gasteiger partial charge in [0, 0.05) is 0 Å². The van der Waals surface area contributed by atoms with E-state index < -0.39 is 17.6 Å². The van der Waals surface area contributed by atoms with Crippen LogP contribution in [0, 0.1) is 0 Å². The highest BCUT2D eigenvalue weighted by atomic mass is 32.2. The van der Waals surface area contributed by atoms with Crippen molar-refractivity contribution in [2.24, 2.45) is 4.99 Å². The Bertz CT molecular complexity index is 890. The molecule has 8 heteroatoms. The summed E-state index contributed by atoms with van der Waals surface area (Å²) in [5.41, 5.74) is 0.152. The van der Waals surface area contributed by atoms with Crippen LogP contribution >= 0.6 is 11.8 Å². The van der Waals surface area contributed by atoms with E-state index in [0.29, 0.717) is 22.2 Å². The lowest BCUT2D eigenvalue weighted by Gasteiger charge is -2.06. The van der Waals surface area contributed by atoms with Crippen LogP contribution in [0.15, 0.2) is 58.4 Å². The van der Waals surface area contributed by atoms with Crippen molar-refractivity contribution in [3.8, 4) is 5.75 Å². The van der Waals surface area contributed by atoms with Gasteiger partial charge in [0.2, 0.25) is 0 Å². The number of hydrogen-bond acceptors (Lipinski definition) is 4. The quantitative estimate of drug-likeness (QED) is 0.794. The fraction of sp³-hybridized carbons (Fsp3) is 0.111. The van der Waals surface area contributed by atoms with Crippen LogP contribution in [0.1, 0.15) is 11.1 Å². The zero-order valence-electron chi connectivity index (χ0n) is 13.5. The Kier molecular flexibility index (Phi) is 5.03.